The van der Waals surface area contributed by atoms with Gasteiger partial charge in [0.15, 0.2) is 0 Å². The molecule has 36 heavy (non-hydrogen) atoms. The van der Waals surface area contributed by atoms with Crippen molar-refractivity contribution in [3.05, 3.63) is 59.2 Å². The summed E-state index contributed by atoms with van der Waals surface area (Å²) in [6.45, 7) is 4.63. The van der Waals surface area contributed by atoms with E-state index in [4.69, 9.17) is 14.2 Å². The Morgan fingerprint density at radius 3 is 2.72 bits per heavy atom. The summed E-state index contributed by atoms with van der Waals surface area (Å²) in [6, 6.07) is 15.2. The van der Waals surface area contributed by atoms with Crippen molar-refractivity contribution >= 4 is 31.6 Å². The van der Waals surface area contributed by atoms with Gasteiger partial charge in [0.2, 0.25) is 0 Å². The van der Waals surface area contributed by atoms with Crippen LogP contribution >= 0.6 is 0 Å². The van der Waals surface area contributed by atoms with Crippen LogP contribution in [0.1, 0.15) is 49.3 Å². The predicted octanol–water partition coefficient (Wildman–Crippen LogP) is 4.26. The monoisotopic (exact) mass is 677 g/mol. The van der Waals surface area contributed by atoms with Crippen LogP contribution < -0.4 is 9.47 Å². The Kier molecular flexibility index (Phi) is 5.61. The summed E-state index contributed by atoms with van der Waals surface area (Å²) in [7, 11) is 1.78. The van der Waals surface area contributed by atoms with Gasteiger partial charge in [-0.2, -0.15) is 0 Å². The first-order valence-corrected chi connectivity index (χ1v) is 15.8. The summed E-state index contributed by atoms with van der Waals surface area (Å²) < 4.78 is 19.2. The fraction of sp³-hybridized carbons (Fsp3) is 0.567. The van der Waals surface area contributed by atoms with E-state index in [1.165, 1.54) is 30.5 Å². The third-order valence-electron chi connectivity index (χ3n) is 9.94. The normalized spacial score (nSPS) is 36.1. The van der Waals surface area contributed by atoms with Crippen molar-refractivity contribution in [3.8, 4) is 11.5 Å². The molecule has 6 atom stereocenters. The first-order chi connectivity index (χ1) is 17.5. The van der Waals surface area contributed by atoms with Crippen molar-refractivity contribution in [2.24, 2.45) is 11.8 Å². The van der Waals surface area contributed by atoms with Crippen molar-refractivity contribution in [2.75, 3.05) is 20.2 Å². The maximum absolute atomic E-state index is 13.2. The molecule has 5 nitrogen and oxygen atoms in total. The van der Waals surface area contributed by atoms with Crippen LogP contribution in [-0.2, 0) is 28.0 Å². The third kappa shape index (κ3) is 3.34. The molecule has 6 heteroatoms. The SMILES string of the molecule is COC1[C@@H]2Oc3c(OCc4ccccc4)ccc4c3[C@@]23CCN(CC2CC2)[C@H](C4)C3C[C@@]1([Tl])C(C)=O. The number of carbonyl (C=O) groups is 1. The molecule has 2 aliphatic heterocycles. The molecule has 1 spiro atoms. The number of hydrogen-bond acceptors (Lipinski definition) is 5. The number of rotatable bonds is 7. The number of ketones is 1. The molecule has 3 fully saturated rings. The van der Waals surface area contributed by atoms with E-state index in [1.807, 2.05) is 18.2 Å². The molecule has 2 unspecified atom stereocenters. The zero-order valence-electron chi connectivity index (χ0n) is 21.2. The molecular formula is C30H34NO4Tl. The first-order valence-electron chi connectivity index (χ1n) is 13.5. The van der Waals surface area contributed by atoms with Gasteiger partial charge in [0.25, 0.3) is 0 Å². The first kappa shape index (κ1) is 23.7. The molecule has 1 saturated heterocycles. The van der Waals surface area contributed by atoms with Gasteiger partial charge in [-0.15, -0.1) is 0 Å². The number of piperidine rings is 1. The molecule has 2 aromatic rings. The van der Waals surface area contributed by atoms with E-state index >= 15 is 0 Å². The molecule has 0 aromatic heterocycles. The zero-order valence-corrected chi connectivity index (χ0v) is 25.7. The Labute approximate surface area is 229 Å². The van der Waals surface area contributed by atoms with Gasteiger partial charge in [-0.3, -0.25) is 0 Å². The molecule has 2 heterocycles. The van der Waals surface area contributed by atoms with E-state index < -0.39 is 0 Å². The molecule has 0 radical (unpaired) electrons. The minimum atomic E-state index is -0.390. The molecule has 5 aliphatic rings. The van der Waals surface area contributed by atoms with Crippen LogP contribution in [0, 0.1) is 11.8 Å². The number of ether oxygens (including phenoxy) is 3. The van der Waals surface area contributed by atoms with Crippen LogP contribution in [0.4, 0.5) is 0 Å². The minimum absolute atomic E-state index is 0.0890. The second-order valence-electron chi connectivity index (χ2n) is 11.8. The van der Waals surface area contributed by atoms with Gasteiger partial charge in [0, 0.05) is 0 Å². The number of benzene rings is 2. The summed E-state index contributed by atoms with van der Waals surface area (Å²) in [5, 5.41) is 0. The molecule has 186 valence electrons. The van der Waals surface area contributed by atoms with E-state index in [9.17, 15) is 4.79 Å². The number of carbonyl (C=O) groups excluding carboxylic acids is 1. The second-order valence-corrected chi connectivity index (χ2v) is 15.8. The van der Waals surface area contributed by atoms with Gasteiger partial charge in [-0.05, 0) is 0 Å². The average molecular weight is 677 g/mol. The molecule has 7 rings (SSSR count). The van der Waals surface area contributed by atoms with Gasteiger partial charge < -0.3 is 0 Å². The summed E-state index contributed by atoms with van der Waals surface area (Å²) in [4.78, 5) is 16.0. The Morgan fingerprint density at radius 1 is 1.19 bits per heavy atom. The van der Waals surface area contributed by atoms with Crippen molar-refractivity contribution < 1.29 is 19.0 Å². The molecule has 2 aromatic carbocycles. The number of likely N-dealkylation sites (tertiary alicyclic amines) is 1. The maximum atomic E-state index is 13.2. The van der Waals surface area contributed by atoms with Gasteiger partial charge in [0.1, 0.15) is 0 Å². The summed E-state index contributed by atoms with van der Waals surface area (Å²) in [5.41, 5.74) is 3.85. The van der Waals surface area contributed by atoms with E-state index in [0.717, 1.165) is 48.8 Å². The number of nitrogens with zero attached hydrogens (tertiary/aromatic N) is 1. The summed E-state index contributed by atoms with van der Waals surface area (Å²) >= 11 is 0.502. The van der Waals surface area contributed by atoms with Crippen LogP contribution in [0.3, 0.4) is 0 Å². The van der Waals surface area contributed by atoms with Crippen molar-refractivity contribution in [3.63, 3.8) is 0 Å². The van der Waals surface area contributed by atoms with Gasteiger partial charge >= 0.3 is 230 Å². The van der Waals surface area contributed by atoms with Gasteiger partial charge in [0.05, 0.1) is 0 Å². The molecular weight excluding hydrogens is 643 g/mol. The molecule has 0 N–H and O–H groups in total. The van der Waals surface area contributed by atoms with Crippen LogP contribution in [0.5, 0.6) is 11.5 Å². The van der Waals surface area contributed by atoms with Crippen LogP contribution in [0.2, 0.25) is 2.97 Å². The molecule has 2 saturated carbocycles. The summed E-state index contributed by atoms with van der Waals surface area (Å²) in [6.07, 6.45) is 5.48. The van der Waals surface area contributed by atoms with E-state index in [2.05, 4.69) is 29.2 Å². The Morgan fingerprint density at radius 2 is 2.00 bits per heavy atom. The van der Waals surface area contributed by atoms with E-state index in [-0.39, 0.29) is 26.4 Å². The van der Waals surface area contributed by atoms with Crippen molar-refractivity contribution in [2.45, 2.75) is 72.3 Å². The average Bonchev–Trinajstić information content (AvgIpc) is 3.63. The van der Waals surface area contributed by atoms with Crippen molar-refractivity contribution in [1.29, 1.82) is 0 Å². The predicted molar refractivity (Wildman–Crippen MR) is 138 cm³/mol. The van der Waals surface area contributed by atoms with Crippen LogP contribution in [-0.4, -0.2) is 74.9 Å². The standard InChI is InChI=1S/C30H34NO4.Tl/c1-18(32)22-15-23-24-14-21-10-11-25(34-17-20-6-4-3-5-7-20)28-26(21)30(23,29(35-28)27(22)33-2)12-13-31(24)16-19-8-9-19;/h3-7,10-11,19,23-24,27,29H,8-9,12-17H2,1-2H3;/t23?,24-,27?,29+,30+;/m1./s1. The number of Topliss-reactive ketones (excluding diaryl/α,β-unsaturated/α-hetero) is 1. The van der Waals surface area contributed by atoms with E-state index in [0.29, 0.717) is 44.3 Å². The second kappa shape index (κ2) is 8.53. The fourth-order valence-corrected chi connectivity index (χ4v) is 10.2. The Hall–Kier alpha value is -1.45. The number of methoxy groups -OCH3 is 1. The van der Waals surface area contributed by atoms with Gasteiger partial charge in [-0.25, -0.2) is 0 Å². The van der Waals surface area contributed by atoms with Crippen LogP contribution in [0.25, 0.3) is 0 Å². The fourth-order valence-electron chi connectivity index (χ4n) is 8.00. The quantitative estimate of drug-likeness (QED) is 0.411. The number of hydrogen-bond donors (Lipinski definition) is 0. The van der Waals surface area contributed by atoms with Crippen molar-refractivity contribution in [1.82, 2.24) is 4.90 Å². The molecule has 0 amide bonds. The van der Waals surface area contributed by atoms with E-state index in [1.54, 1.807) is 14.0 Å². The topological polar surface area (TPSA) is 48.0 Å². The van der Waals surface area contributed by atoms with Crippen LogP contribution in [0.15, 0.2) is 42.5 Å². The molecule has 3 aliphatic carbocycles. The van der Waals surface area contributed by atoms with Gasteiger partial charge in [-0.1, -0.05) is 0 Å². The summed E-state index contributed by atoms with van der Waals surface area (Å²) in [5.74, 6) is 3.33. The zero-order chi connectivity index (χ0) is 24.7. The Balaban J connectivity index is 1.33. The molecule has 2 bridgehead atoms. The Bertz CT molecular complexity index is 1200. The third-order valence-corrected chi connectivity index (χ3v) is 13.7.